The van der Waals surface area contributed by atoms with Gasteiger partial charge in [-0.25, -0.2) is 4.79 Å². The van der Waals surface area contributed by atoms with Gasteiger partial charge in [0.25, 0.3) is 5.69 Å². The number of azo groups is 1. The van der Waals surface area contributed by atoms with Crippen LogP contribution in [-0.4, -0.2) is 31.2 Å². The van der Waals surface area contributed by atoms with Crippen molar-refractivity contribution < 1.29 is 19.2 Å². The molecular formula is C24H23N7O5. The maximum atomic E-state index is 11.8. The lowest BCUT2D eigenvalue weighted by Crippen LogP contribution is -2.18. The normalized spacial score (nSPS) is 10.5. The summed E-state index contributed by atoms with van der Waals surface area (Å²) in [5, 5.41) is 22.6. The number of rotatable bonds is 11. The fourth-order valence-corrected chi connectivity index (χ4v) is 3.00. The molecular weight excluding hydrogens is 466 g/mol. The first kappa shape index (κ1) is 25.7. The number of anilines is 1. The average Bonchev–Trinajstić information content (AvgIpc) is 2.90. The zero-order chi connectivity index (χ0) is 25.8. The van der Waals surface area contributed by atoms with Crippen LogP contribution in [0.3, 0.4) is 0 Å². The molecule has 3 aromatic rings. The number of azide groups is 1. The molecule has 0 aliphatic rings. The van der Waals surface area contributed by atoms with Gasteiger partial charge in [0.15, 0.2) is 0 Å². The molecule has 0 aromatic heterocycles. The van der Waals surface area contributed by atoms with Crippen molar-refractivity contribution in [1.82, 2.24) is 0 Å². The minimum absolute atomic E-state index is 0.0128. The van der Waals surface area contributed by atoms with Gasteiger partial charge < -0.3 is 14.4 Å². The number of ether oxygens (including phenoxy) is 2. The van der Waals surface area contributed by atoms with Gasteiger partial charge in [0, 0.05) is 42.9 Å². The number of carbonyl (C=O) groups excluding carboxylic acids is 1. The molecule has 0 N–H and O–H groups in total. The van der Waals surface area contributed by atoms with E-state index in [4.69, 9.17) is 15.0 Å². The predicted octanol–water partition coefficient (Wildman–Crippen LogP) is 6.86. The van der Waals surface area contributed by atoms with Gasteiger partial charge in [0.2, 0.25) is 0 Å². The molecule has 12 nitrogen and oxygen atoms in total. The highest BCUT2D eigenvalue weighted by Crippen LogP contribution is 2.23. The lowest BCUT2D eigenvalue weighted by molar-refractivity contribution is -0.384. The van der Waals surface area contributed by atoms with Crippen LogP contribution in [0.4, 0.5) is 27.5 Å². The van der Waals surface area contributed by atoms with E-state index in [1.165, 1.54) is 24.3 Å². The number of carbonyl (C=O) groups is 1. The van der Waals surface area contributed by atoms with Crippen LogP contribution < -0.4 is 9.64 Å². The molecule has 0 saturated carbocycles. The molecule has 0 saturated heterocycles. The summed E-state index contributed by atoms with van der Waals surface area (Å²) < 4.78 is 10.1. The third-order valence-corrected chi connectivity index (χ3v) is 4.93. The molecule has 0 radical (unpaired) electrons. The number of non-ortho nitro benzene ring substituents is 1. The minimum Gasteiger partial charge on any atom is -0.429 e. The largest absolute Gasteiger partial charge is 0.514 e. The smallest absolute Gasteiger partial charge is 0.429 e. The Bertz CT molecular complexity index is 1240. The third-order valence-electron chi connectivity index (χ3n) is 4.93. The van der Waals surface area contributed by atoms with Gasteiger partial charge >= 0.3 is 6.16 Å². The van der Waals surface area contributed by atoms with Crippen molar-refractivity contribution in [3.05, 3.63) is 98.9 Å². The monoisotopic (exact) mass is 489 g/mol. The van der Waals surface area contributed by atoms with Gasteiger partial charge in [0.05, 0.1) is 16.3 Å². The zero-order valence-electron chi connectivity index (χ0n) is 19.4. The number of hydrogen-bond donors (Lipinski definition) is 0. The summed E-state index contributed by atoms with van der Waals surface area (Å²) in [6.07, 6.45) is -0.151. The van der Waals surface area contributed by atoms with Crippen LogP contribution in [0.25, 0.3) is 10.4 Å². The van der Waals surface area contributed by atoms with Crippen molar-refractivity contribution >= 4 is 28.9 Å². The Kier molecular flexibility index (Phi) is 9.31. The second-order valence-electron chi connectivity index (χ2n) is 7.50. The molecule has 0 aliphatic heterocycles. The molecule has 3 aromatic carbocycles. The fraction of sp³-hybridized carbons (Fsp3) is 0.208. The highest BCUT2D eigenvalue weighted by molar-refractivity contribution is 5.64. The van der Waals surface area contributed by atoms with E-state index in [0.717, 1.165) is 24.2 Å². The van der Waals surface area contributed by atoms with E-state index in [-0.39, 0.29) is 18.0 Å². The fourth-order valence-electron chi connectivity index (χ4n) is 3.00. The molecule has 184 valence electrons. The highest BCUT2D eigenvalue weighted by Gasteiger charge is 2.09. The van der Waals surface area contributed by atoms with Gasteiger partial charge in [-0.05, 0) is 66.0 Å². The maximum absolute atomic E-state index is 11.8. The lowest BCUT2D eigenvalue weighted by atomic mass is 10.2. The van der Waals surface area contributed by atoms with Gasteiger partial charge in [-0.1, -0.05) is 17.2 Å². The van der Waals surface area contributed by atoms with Crippen LogP contribution in [0.2, 0.25) is 0 Å². The summed E-state index contributed by atoms with van der Waals surface area (Å²) in [6.45, 7) is 1.22. The highest BCUT2D eigenvalue weighted by atomic mass is 16.7. The molecule has 3 rings (SSSR count). The van der Waals surface area contributed by atoms with Gasteiger partial charge in [-0.3, -0.25) is 10.1 Å². The number of nitro groups is 1. The predicted molar refractivity (Wildman–Crippen MR) is 133 cm³/mol. The Hall–Kier alpha value is -4.96. The maximum Gasteiger partial charge on any atom is 0.514 e. The van der Waals surface area contributed by atoms with Crippen LogP contribution in [0, 0.1) is 10.1 Å². The van der Waals surface area contributed by atoms with Gasteiger partial charge in [-0.2, -0.15) is 10.2 Å². The van der Waals surface area contributed by atoms with Crippen LogP contribution in [0.1, 0.15) is 12.0 Å². The van der Waals surface area contributed by atoms with Crippen molar-refractivity contribution in [1.29, 1.82) is 0 Å². The van der Waals surface area contributed by atoms with Crippen LogP contribution in [-0.2, 0) is 11.3 Å². The molecule has 36 heavy (non-hydrogen) atoms. The molecule has 0 heterocycles. The van der Waals surface area contributed by atoms with E-state index < -0.39 is 11.1 Å². The van der Waals surface area contributed by atoms with E-state index in [1.54, 1.807) is 24.3 Å². The van der Waals surface area contributed by atoms with Crippen molar-refractivity contribution in [2.24, 2.45) is 15.3 Å². The summed E-state index contributed by atoms with van der Waals surface area (Å²) in [5.74, 6) is 0.145. The Labute approximate surface area is 206 Å². The Morgan fingerprint density at radius 2 is 1.61 bits per heavy atom. The molecule has 0 spiro atoms. The van der Waals surface area contributed by atoms with E-state index in [0.29, 0.717) is 17.9 Å². The molecule has 12 heteroatoms. The standard InChI is InChI=1S/C24H23N7O5/c1-30(16-2-15-26-29-25)21-9-7-20(8-10-21)28-27-19-5-3-18(4-6-19)17-35-24(32)36-23-13-11-22(12-14-23)31(33)34/h3-14H,2,15-17H2,1H3. The topological polar surface area (TPSA) is 155 Å². The summed E-state index contributed by atoms with van der Waals surface area (Å²) in [7, 11) is 1.97. The Morgan fingerprint density at radius 3 is 2.19 bits per heavy atom. The molecule has 0 aliphatic carbocycles. The number of benzene rings is 3. The van der Waals surface area contributed by atoms with E-state index in [9.17, 15) is 14.9 Å². The van der Waals surface area contributed by atoms with Gasteiger partial charge in [-0.15, -0.1) is 0 Å². The summed E-state index contributed by atoms with van der Waals surface area (Å²) in [6, 6.07) is 19.7. The molecule has 0 bridgehead atoms. The van der Waals surface area contributed by atoms with Gasteiger partial charge in [0.1, 0.15) is 12.4 Å². The average molecular weight is 489 g/mol. The molecule has 0 amide bonds. The minimum atomic E-state index is -0.919. The Balaban J connectivity index is 1.45. The first-order valence-corrected chi connectivity index (χ1v) is 10.9. The number of nitrogens with zero attached hydrogens (tertiary/aromatic N) is 7. The van der Waals surface area contributed by atoms with Crippen molar-refractivity contribution in [2.75, 3.05) is 25.0 Å². The molecule has 0 unspecified atom stereocenters. The van der Waals surface area contributed by atoms with E-state index in [2.05, 4.69) is 25.2 Å². The van der Waals surface area contributed by atoms with E-state index >= 15 is 0 Å². The number of nitro benzene ring substituents is 1. The first-order chi connectivity index (χ1) is 17.4. The van der Waals surface area contributed by atoms with Crippen LogP contribution in [0.5, 0.6) is 5.75 Å². The lowest BCUT2D eigenvalue weighted by Gasteiger charge is -2.18. The second kappa shape index (κ2) is 13.1. The summed E-state index contributed by atoms with van der Waals surface area (Å²) >= 11 is 0. The summed E-state index contributed by atoms with van der Waals surface area (Å²) in [5.41, 5.74) is 11.3. The van der Waals surface area contributed by atoms with Crippen molar-refractivity contribution in [3.8, 4) is 5.75 Å². The van der Waals surface area contributed by atoms with Crippen molar-refractivity contribution in [3.63, 3.8) is 0 Å². The first-order valence-electron chi connectivity index (χ1n) is 10.9. The summed E-state index contributed by atoms with van der Waals surface area (Å²) in [4.78, 5) is 26.8. The Morgan fingerprint density at radius 1 is 1.00 bits per heavy atom. The van der Waals surface area contributed by atoms with Crippen molar-refractivity contribution in [2.45, 2.75) is 13.0 Å². The van der Waals surface area contributed by atoms with E-state index in [1.807, 2.05) is 31.3 Å². The molecule has 0 atom stereocenters. The van der Waals surface area contributed by atoms with Crippen LogP contribution >= 0.6 is 0 Å². The second-order valence-corrected chi connectivity index (χ2v) is 7.50. The molecule has 0 fully saturated rings. The quantitative estimate of drug-likeness (QED) is 0.0418. The van der Waals surface area contributed by atoms with Crippen LogP contribution in [0.15, 0.2) is 88.1 Å². The zero-order valence-corrected chi connectivity index (χ0v) is 19.4. The SMILES string of the molecule is CN(CCCN=[N+]=[N-])c1ccc(N=Nc2ccc(COC(=O)Oc3ccc([N+](=O)[O-])cc3)cc2)cc1. The third kappa shape index (κ3) is 8.12. The number of hydrogen-bond acceptors (Lipinski definition) is 9.